The molecule has 2 N–H and O–H groups in total. The normalized spacial score (nSPS) is 18.7. The van der Waals surface area contributed by atoms with E-state index < -0.39 is 0 Å². The molecule has 1 aromatic carbocycles. The molecule has 2 aliphatic rings. The molecule has 0 bridgehead atoms. The fraction of sp³-hybridized carbons (Fsp3) is 0.222. The third kappa shape index (κ3) is 3.28. The molecule has 0 atom stereocenters. The summed E-state index contributed by atoms with van der Waals surface area (Å²) in [5.41, 5.74) is 9.76. The SMILES string of the molecule is Nc1ccc2c(c1)CN(c1nccc(/C=C3\SC(=O)CC3=O)n1)CC2. The van der Waals surface area contributed by atoms with Crippen molar-refractivity contribution in [3.8, 4) is 0 Å². The van der Waals surface area contributed by atoms with Gasteiger partial charge >= 0.3 is 0 Å². The highest BCUT2D eigenvalue weighted by Crippen LogP contribution is 2.30. The number of carbonyl (C=O) groups excluding carboxylic acids is 2. The van der Waals surface area contributed by atoms with Crippen molar-refractivity contribution in [2.75, 3.05) is 17.2 Å². The van der Waals surface area contributed by atoms with Crippen LogP contribution in [0.4, 0.5) is 11.6 Å². The second-order valence-corrected chi connectivity index (χ2v) is 7.16. The van der Waals surface area contributed by atoms with Crippen LogP contribution in [0, 0.1) is 0 Å². The maximum absolute atomic E-state index is 11.8. The van der Waals surface area contributed by atoms with E-state index in [1.54, 1.807) is 18.3 Å². The van der Waals surface area contributed by atoms with E-state index in [1.165, 1.54) is 11.1 Å². The van der Waals surface area contributed by atoms with Gasteiger partial charge in [0, 0.05) is 25.0 Å². The number of benzene rings is 1. The number of fused-ring (bicyclic) bond motifs is 1. The monoisotopic (exact) mass is 352 g/mol. The molecule has 0 aliphatic carbocycles. The quantitative estimate of drug-likeness (QED) is 0.503. The van der Waals surface area contributed by atoms with Gasteiger partial charge in [-0.1, -0.05) is 6.07 Å². The molecule has 2 aliphatic heterocycles. The predicted molar refractivity (Wildman–Crippen MR) is 97.8 cm³/mol. The lowest BCUT2D eigenvalue weighted by atomic mass is 9.99. The molecule has 2 aromatic rings. The highest BCUT2D eigenvalue weighted by atomic mass is 32.2. The zero-order valence-corrected chi connectivity index (χ0v) is 14.3. The van der Waals surface area contributed by atoms with Gasteiger partial charge in [-0.25, -0.2) is 9.97 Å². The molecule has 0 radical (unpaired) electrons. The molecule has 25 heavy (non-hydrogen) atoms. The number of carbonyl (C=O) groups is 2. The van der Waals surface area contributed by atoms with Crippen LogP contribution >= 0.6 is 11.8 Å². The molecule has 3 heterocycles. The summed E-state index contributed by atoms with van der Waals surface area (Å²) in [7, 11) is 0. The first kappa shape index (κ1) is 15.8. The Labute approximate surface area is 149 Å². The average Bonchev–Trinajstić information content (AvgIpc) is 2.91. The Kier molecular flexibility index (Phi) is 4.01. The van der Waals surface area contributed by atoms with Crippen LogP contribution in [0.1, 0.15) is 23.2 Å². The van der Waals surface area contributed by atoms with Crippen molar-refractivity contribution in [1.82, 2.24) is 9.97 Å². The number of anilines is 2. The minimum absolute atomic E-state index is 0.0290. The van der Waals surface area contributed by atoms with Crippen molar-refractivity contribution < 1.29 is 9.59 Å². The summed E-state index contributed by atoms with van der Waals surface area (Å²) in [6, 6.07) is 7.73. The van der Waals surface area contributed by atoms with Gasteiger partial charge in [0.1, 0.15) is 0 Å². The van der Waals surface area contributed by atoms with Crippen LogP contribution in [-0.4, -0.2) is 27.4 Å². The second kappa shape index (κ2) is 6.33. The Balaban J connectivity index is 1.59. The van der Waals surface area contributed by atoms with Crippen LogP contribution in [0.25, 0.3) is 6.08 Å². The highest BCUT2D eigenvalue weighted by molar-refractivity contribution is 8.18. The standard InChI is InChI=1S/C18H16N4O2S/c19-13-2-1-11-4-6-22(10-12(11)7-13)18-20-5-3-14(21-18)8-16-15(23)9-17(24)25-16/h1-3,5,7-8H,4,6,9-10,19H2/b16-8-. The van der Waals surface area contributed by atoms with E-state index in [9.17, 15) is 9.59 Å². The maximum atomic E-state index is 11.8. The molecular weight excluding hydrogens is 336 g/mol. The van der Waals surface area contributed by atoms with Crippen molar-refractivity contribution in [3.63, 3.8) is 0 Å². The maximum Gasteiger partial charge on any atom is 0.226 e. The van der Waals surface area contributed by atoms with Crippen LogP contribution in [0.5, 0.6) is 0 Å². The van der Waals surface area contributed by atoms with Gasteiger partial charge < -0.3 is 10.6 Å². The number of thioether (sulfide) groups is 1. The molecule has 4 rings (SSSR count). The summed E-state index contributed by atoms with van der Waals surface area (Å²) < 4.78 is 0. The molecule has 1 aromatic heterocycles. The number of nitrogens with zero attached hydrogens (tertiary/aromatic N) is 3. The first-order valence-corrected chi connectivity index (χ1v) is 8.81. The minimum atomic E-state index is -0.141. The Morgan fingerprint density at radius 1 is 1.20 bits per heavy atom. The zero-order valence-electron chi connectivity index (χ0n) is 13.4. The van der Waals surface area contributed by atoms with E-state index in [1.807, 2.05) is 12.1 Å². The summed E-state index contributed by atoms with van der Waals surface area (Å²) in [6.07, 6.45) is 4.22. The lowest BCUT2D eigenvalue weighted by Gasteiger charge is -2.29. The predicted octanol–water partition coefficient (Wildman–Crippen LogP) is 2.20. The first-order valence-electron chi connectivity index (χ1n) is 7.99. The fourth-order valence-corrected chi connectivity index (χ4v) is 3.83. The molecule has 0 spiro atoms. The van der Waals surface area contributed by atoms with Crippen LogP contribution < -0.4 is 10.6 Å². The van der Waals surface area contributed by atoms with Crippen LogP contribution in [0.3, 0.4) is 0 Å². The Hall–Kier alpha value is -2.67. The molecule has 6 nitrogen and oxygen atoms in total. The van der Waals surface area contributed by atoms with Crippen molar-refractivity contribution in [2.24, 2.45) is 0 Å². The summed E-state index contributed by atoms with van der Waals surface area (Å²) in [5, 5.41) is -0.115. The van der Waals surface area contributed by atoms with Gasteiger partial charge in [-0.05, 0) is 53.6 Å². The largest absolute Gasteiger partial charge is 0.399 e. The minimum Gasteiger partial charge on any atom is -0.399 e. The second-order valence-electron chi connectivity index (χ2n) is 6.06. The van der Waals surface area contributed by atoms with E-state index >= 15 is 0 Å². The highest BCUT2D eigenvalue weighted by Gasteiger charge is 2.26. The summed E-state index contributed by atoms with van der Waals surface area (Å²) in [6.45, 7) is 1.52. The Morgan fingerprint density at radius 2 is 2.08 bits per heavy atom. The van der Waals surface area contributed by atoms with Gasteiger partial charge in [0.05, 0.1) is 17.0 Å². The molecule has 7 heteroatoms. The fourth-order valence-electron chi connectivity index (χ4n) is 3.02. The van der Waals surface area contributed by atoms with Crippen LogP contribution in [0.2, 0.25) is 0 Å². The number of nitrogen functional groups attached to an aromatic ring is 1. The van der Waals surface area contributed by atoms with E-state index in [4.69, 9.17) is 5.73 Å². The summed E-state index contributed by atoms with van der Waals surface area (Å²) in [5.74, 6) is 0.474. The molecule has 1 fully saturated rings. The number of nitrogens with two attached hydrogens (primary N) is 1. The molecule has 0 amide bonds. The van der Waals surface area contributed by atoms with Crippen LogP contribution in [0.15, 0.2) is 35.4 Å². The van der Waals surface area contributed by atoms with Crippen molar-refractivity contribution in [1.29, 1.82) is 0 Å². The van der Waals surface area contributed by atoms with Crippen molar-refractivity contribution in [3.05, 3.63) is 52.2 Å². The lowest BCUT2D eigenvalue weighted by Crippen LogP contribution is -2.31. The van der Waals surface area contributed by atoms with Crippen molar-refractivity contribution >= 4 is 40.4 Å². The summed E-state index contributed by atoms with van der Waals surface area (Å²) >= 11 is 0.987. The van der Waals surface area contributed by atoms with E-state index in [0.717, 1.165) is 30.4 Å². The third-order valence-electron chi connectivity index (χ3n) is 4.27. The number of ketones is 1. The molecular formula is C18H16N4O2S. The molecule has 1 saturated heterocycles. The Morgan fingerprint density at radius 3 is 2.88 bits per heavy atom. The van der Waals surface area contributed by atoms with Crippen LogP contribution in [-0.2, 0) is 22.6 Å². The van der Waals surface area contributed by atoms with E-state index in [-0.39, 0.29) is 17.3 Å². The molecule has 0 unspecified atom stereocenters. The van der Waals surface area contributed by atoms with Gasteiger partial charge in [0.25, 0.3) is 0 Å². The van der Waals surface area contributed by atoms with Gasteiger partial charge in [-0.15, -0.1) is 0 Å². The molecule has 0 saturated carbocycles. The van der Waals surface area contributed by atoms with Gasteiger partial charge in [-0.2, -0.15) is 0 Å². The Bertz CT molecular complexity index is 910. The lowest BCUT2D eigenvalue weighted by molar-refractivity contribution is -0.119. The van der Waals surface area contributed by atoms with Gasteiger partial charge in [0.2, 0.25) is 11.1 Å². The average molecular weight is 352 g/mol. The third-order valence-corrected chi connectivity index (χ3v) is 5.21. The van der Waals surface area contributed by atoms with Crippen molar-refractivity contribution in [2.45, 2.75) is 19.4 Å². The van der Waals surface area contributed by atoms with Gasteiger partial charge in [0.15, 0.2) is 5.78 Å². The number of rotatable bonds is 2. The van der Waals surface area contributed by atoms with E-state index in [0.29, 0.717) is 23.1 Å². The first-order chi connectivity index (χ1) is 12.1. The zero-order chi connectivity index (χ0) is 17.4. The topological polar surface area (TPSA) is 89.2 Å². The number of allylic oxidation sites excluding steroid dienone is 1. The van der Waals surface area contributed by atoms with Gasteiger partial charge in [-0.3, -0.25) is 9.59 Å². The summed E-state index contributed by atoms with van der Waals surface area (Å²) in [4.78, 5) is 34.6. The number of aromatic nitrogens is 2. The molecule has 126 valence electrons. The number of hydrogen-bond acceptors (Lipinski definition) is 7. The smallest absolute Gasteiger partial charge is 0.226 e. The number of hydrogen-bond donors (Lipinski definition) is 1. The number of Topliss-reactive ketones (excluding diaryl/α,β-unsaturated/α-hetero) is 1. The van der Waals surface area contributed by atoms with E-state index in [2.05, 4.69) is 20.9 Å².